The molecule has 0 aliphatic heterocycles. The van der Waals surface area contributed by atoms with E-state index in [0.717, 1.165) is 0 Å². The molecule has 8 heteroatoms. The number of rotatable bonds is 2. The van der Waals surface area contributed by atoms with Crippen molar-refractivity contribution in [3.8, 4) is 11.4 Å². The van der Waals surface area contributed by atoms with Crippen LogP contribution in [-0.4, -0.2) is 21.2 Å². The molecule has 0 fully saturated rings. The Kier molecular flexibility index (Phi) is 2.77. The summed E-state index contributed by atoms with van der Waals surface area (Å²) in [4.78, 5) is 14.6. The van der Waals surface area contributed by atoms with Crippen LogP contribution in [0.1, 0.15) is 16.1 Å². The number of aromatic nitrogens is 2. The highest BCUT2D eigenvalue weighted by molar-refractivity contribution is 5.95. The van der Waals surface area contributed by atoms with Gasteiger partial charge < -0.3 is 9.63 Å². The Morgan fingerprint density at radius 3 is 2.56 bits per heavy atom. The molecule has 0 saturated carbocycles. The molecule has 2 rings (SSSR count). The lowest BCUT2D eigenvalue weighted by atomic mass is 10.1. The number of alkyl halides is 3. The molecule has 0 unspecified atom stereocenters. The third-order valence-electron chi connectivity index (χ3n) is 2.07. The molecule has 0 saturated heterocycles. The quantitative estimate of drug-likeness (QED) is 0.895. The second-order valence-corrected chi connectivity index (χ2v) is 3.25. The summed E-state index contributed by atoms with van der Waals surface area (Å²) in [5, 5.41) is 12.0. The first-order valence-electron chi connectivity index (χ1n) is 4.63. The maximum atomic E-state index is 12.5. The topological polar surface area (TPSA) is 76.2 Å². The molecule has 18 heavy (non-hydrogen) atoms. The smallest absolute Gasteiger partial charge is 0.453 e. The average Bonchev–Trinajstić information content (AvgIpc) is 2.74. The van der Waals surface area contributed by atoms with Gasteiger partial charge in [-0.05, 0) is 12.1 Å². The lowest BCUT2D eigenvalue weighted by molar-refractivity contribution is -0.156. The van der Waals surface area contributed by atoms with E-state index < -0.39 is 29.2 Å². The number of carboxylic acid groups (broad SMARTS) is 1. The summed E-state index contributed by atoms with van der Waals surface area (Å²) in [6, 6.07) is 4.37. The van der Waals surface area contributed by atoms with E-state index in [1.165, 1.54) is 24.4 Å². The van der Waals surface area contributed by atoms with Crippen molar-refractivity contribution < 1.29 is 27.6 Å². The number of hydrogen-bond donors (Lipinski definition) is 1. The van der Waals surface area contributed by atoms with E-state index in [1.807, 2.05) is 0 Å². The van der Waals surface area contributed by atoms with Crippen molar-refractivity contribution in [2.45, 2.75) is 6.18 Å². The van der Waals surface area contributed by atoms with Crippen LogP contribution in [0.25, 0.3) is 11.4 Å². The van der Waals surface area contributed by atoms with E-state index in [2.05, 4.69) is 14.7 Å². The molecule has 5 nitrogen and oxygen atoms in total. The highest BCUT2D eigenvalue weighted by Gasteiger charge is 2.43. The molecule has 0 spiro atoms. The Balaban J connectivity index is 2.64. The predicted octanol–water partition coefficient (Wildman–Crippen LogP) is 2.45. The fraction of sp³-hybridized carbons (Fsp3) is 0.100. The summed E-state index contributed by atoms with van der Waals surface area (Å²) in [6.07, 6.45) is -3.61. The fourth-order valence-corrected chi connectivity index (χ4v) is 1.36. The van der Waals surface area contributed by atoms with Crippen molar-refractivity contribution in [1.82, 2.24) is 10.1 Å². The molecule has 2 aromatic heterocycles. The van der Waals surface area contributed by atoms with E-state index in [4.69, 9.17) is 5.11 Å². The third kappa shape index (κ3) is 2.04. The maximum Gasteiger partial charge on any atom is 0.453 e. The minimum absolute atomic E-state index is 0.00542. The van der Waals surface area contributed by atoms with Crippen LogP contribution < -0.4 is 0 Å². The zero-order valence-corrected chi connectivity index (χ0v) is 8.60. The van der Waals surface area contributed by atoms with Gasteiger partial charge in [0.05, 0.1) is 5.69 Å². The molecule has 0 aliphatic carbocycles. The van der Waals surface area contributed by atoms with Crippen LogP contribution in [0.2, 0.25) is 0 Å². The summed E-state index contributed by atoms with van der Waals surface area (Å²) >= 11 is 0. The van der Waals surface area contributed by atoms with Crippen LogP contribution in [0.15, 0.2) is 28.9 Å². The van der Waals surface area contributed by atoms with Crippen LogP contribution in [-0.2, 0) is 6.18 Å². The second kappa shape index (κ2) is 4.13. The average molecular weight is 258 g/mol. The molecule has 0 atom stereocenters. The first-order chi connectivity index (χ1) is 8.41. The number of aromatic carboxylic acids is 1. The van der Waals surface area contributed by atoms with Crippen LogP contribution in [0.3, 0.4) is 0 Å². The van der Waals surface area contributed by atoms with Gasteiger partial charge in [0.15, 0.2) is 0 Å². The molecular weight excluding hydrogens is 253 g/mol. The van der Waals surface area contributed by atoms with Crippen LogP contribution in [0.5, 0.6) is 0 Å². The highest BCUT2D eigenvalue weighted by Crippen LogP contribution is 2.36. The highest BCUT2D eigenvalue weighted by atomic mass is 19.4. The minimum Gasteiger partial charge on any atom is -0.477 e. The summed E-state index contributed by atoms with van der Waals surface area (Å²) < 4.78 is 41.6. The van der Waals surface area contributed by atoms with Gasteiger partial charge in [-0.1, -0.05) is 11.2 Å². The predicted molar refractivity (Wildman–Crippen MR) is 51.7 cm³/mol. The van der Waals surface area contributed by atoms with Crippen LogP contribution in [0, 0.1) is 0 Å². The Bertz CT molecular complexity index is 578. The van der Waals surface area contributed by atoms with Crippen molar-refractivity contribution in [3.05, 3.63) is 35.7 Å². The van der Waals surface area contributed by atoms with Crippen LogP contribution >= 0.6 is 0 Å². The Morgan fingerprint density at radius 2 is 2.06 bits per heavy atom. The summed E-state index contributed by atoms with van der Waals surface area (Å²) in [5.41, 5.74) is -1.49. The molecule has 0 aliphatic rings. The summed E-state index contributed by atoms with van der Waals surface area (Å²) in [7, 11) is 0. The van der Waals surface area contributed by atoms with Crippen molar-refractivity contribution in [1.29, 1.82) is 0 Å². The first-order valence-corrected chi connectivity index (χ1v) is 4.63. The number of pyridine rings is 1. The van der Waals surface area contributed by atoms with E-state index in [-0.39, 0.29) is 5.69 Å². The fourth-order valence-electron chi connectivity index (χ4n) is 1.36. The largest absolute Gasteiger partial charge is 0.477 e. The standard InChI is InChI=1S/C10H5F3N2O3/c11-10(12,13)8-6(9(16)17)7(15-18-8)5-3-1-2-4-14-5/h1-4H,(H,16,17). The lowest BCUT2D eigenvalue weighted by Gasteiger charge is -2.02. The van der Waals surface area contributed by atoms with Crippen molar-refractivity contribution >= 4 is 5.97 Å². The van der Waals surface area contributed by atoms with Crippen LogP contribution in [0.4, 0.5) is 13.2 Å². The Morgan fingerprint density at radius 1 is 1.33 bits per heavy atom. The molecule has 0 bridgehead atoms. The summed E-state index contributed by atoms with van der Waals surface area (Å²) in [6.45, 7) is 0. The van der Waals surface area contributed by atoms with Gasteiger partial charge in [0.2, 0.25) is 0 Å². The zero-order chi connectivity index (χ0) is 13.3. The number of halogens is 3. The van der Waals surface area contributed by atoms with Gasteiger partial charge >= 0.3 is 12.1 Å². The van der Waals surface area contributed by atoms with Crippen molar-refractivity contribution in [2.24, 2.45) is 0 Å². The van der Waals surface area contributed by atoms with Gasteiger partial charge in [0.25, 0.3) is 5.76 Å². The minimum atomic E-state index is -4.92. The third-order valence-corrected chi connectivity index (χ3v) is 2.07. The van der Waals surface area contributed by atoms with Crippen molar-refractivity contribution in [2.75, 3.05) is 0 Å². The van der Waals surface area contributed by atoms with Gasteiger partial charge in [-0.3, -0.25) is 4.98 Å². The molecule has 0 amide bonds. The molecule has 0 radical (unpaired) electrons. The van der Waals surface area contributed by atoms with Gasteiger partial charge in [-0.25, -0.2) is 4.79 Å². The maximum absolute atomic E-state index is 12.5. The molecule has 2 heterocycles. The van der Waals surface area contributed by atoms with E-state index in [0.29, 0.717) is 0 Å². The zero-order valence-electron chi connectivity index (χ0n) is 8.60. The number of carbonyl (C=O) groups is 1. The monoisotopic (exact) mass is 258 g/mol. The molecule has 94 valence electrons. The SMILES string of the molecule is O=C(O)c1c(-c2ccccn2)noc1C(F)(F)F. The number of nitrogens with zero attached hydrogens (tertiary/aromatic N) is 2. The normalized spacial score (nSPS) is 11.5. The van der Waals surface area contributed by atoms with E-state index in [9.17, 15) is 18.0 Å². The molecule has 1 N–H and O–H groups in total. The Labute approximate surface area is 97.9 Å². The molecule has 0 aromatic carbocycles. The van der Waals surface area contributed by atoms with Gasteiger partial charge in [0, 0.05) is 6.20 Å². The van der Waals surface area contributed by atoms with Gasteiger partial charge in [-0.2, -0.15) is 13.2 Å². The second-order valence-electron chi connectivity index (χ2n) is 3.25. The molecule has 2 aromatic rings. The van der Waals surface area contributed by atoms with Crippen molar-refractivity contribution in [3.63, 3.8) is 0 Å². The molecular formula is C10H5F3N2O3. The first kappa shape index (κ1) is 12.1. The van der Waals surface area contributed by atoms with E-state index in [1.54, 1.807) is 0 Å². The van der Waals surface area contributed by atoms with Gasteiger partial charge in [0.1, 0.15) is 11.3 Å². The number of hydrogen-bond acceptors (Lipinski definition) is 4. The Hall–Kier alpha value is -2.38. The lowest BCUT2D eigenvalue weighted by Crippen LogP contribution is -2.11. The van der Waals surface area contributed by atoms with E-state index >= 15 is 0 Å². The summed E-state index contributed by atoms with van der Waals surface area (Å²) in [5.74, 6) is -3.42. The van der Waals surface area contributed by atoms with Gasteiger partial charge in [-0.15, -0.1) is 0 Å². The number of carboxylic acids is 1.